The molecule has 2 heterocycles. The topological polar surface area (TPSA) is 32.5 Å². The molecule has 0 radical (unpaired) electrons. The van der Waals surface area contributed by atoms with Crippen molar-refractivity contribution in [2.45, 2.75) is 57.4 Å². The third kappa shape index (κ3) is 3.71. The van der Waals surface area contributed by atoms with Gasteiger partial charge in [0.1, 0.15) is 0 Å². The van der Waals surface area contributed by atoms with E-state index in [2.05, 4.69) is 23.8 Å². The summed E-state index contributed by atoms with van der Waals surface area (Å²) in [6.45, 7) is 8.19. The van der Waals surface area contributed by atoms with Crippen LogP contribution in [0.3, 0.4) is 0 Å². The molecule has 3 heteroatoms. The first-order valence-corrected chi connectivity index (χ1v) is 8.34. The summed E-state index contributed by atoms with van der Waals surface area (Å²) in [6.07, 6.45) is 9.42. The van der Waals surface area contributed by atoms with Crippen molar-refractivity contribution in [2.75, 3.05) is 39.8 Å². The molecule has 2 saturated heterocycles. The van der Waals surface area contributed by atoms with Gasteiger partial charge in [-0.15, -0.1) is 0 Å². The van der Waals surface area contributed by atoms with Crippen molar-refractivity contribution in [1.29, 1.82) is 0 Å². The molecule has 0 aromatic rings. The fourth-order valence-electron chi connectivity index (χ4n) is 4.07. The standard InChI is InChI=1S/C16H33N3/c1-3-5-15-6-11-19(12-7-15)16(14-17)8-4-10-18(2)13-9-16/h15H,3-14,17H2,1-2H3. The van der Waals surface area contributed by atoms with Crippen LogP contribution in [0.5, 0.6) is 0 Å². The van der Waals surface area contributed by atoms with Gasteiger partial charge in [0.05, 0.1) is 0 Å². The maximum Gasteiger partial charge on any atom is 0.0344 e. The zero-order valence-electron chi connectivity index (χ0n) is 13.0. The van der Waals surface area contributed by atoms with Crippen molar-refractivity contribution in [1.82, 2.24) is 9.80 Å². The Labute approximate surface area is 119 Å². The molecule has 0 aromatic carbocycles. The van der Waals surface area contributed by atoms with Crippen LogP contribution in [-0.2, 0) is 0 Å². The van der Waals surface area contributed by atoms with E-state index in [0.717, 1.165) is 12.5 Å². The average molecular weight is 267 g/mol. The lowest BCUT2D eigenvalue weighted by Gasteiger charge is -2.46. The van der Waals surface area contributed by atoms with Gasteiger partial charge in [-0.2, -0.15) is 0 Å². The number of likely N-dealkylation sites (tertiary alicyclic amines) is 2. The second-order valence-corrected chi connectivity index (χ2v) is 6.80. The van der Waals surface area contributed by atoms with E-state index < -0.39 is 0 Å². The van der Waals surface area contributed by atoms with Crippen molar-refractivity contribution in [2.24, 2.45) is 11.7 Å². The molecule has 1 atom stereocenters. The first-order valence-electron chi connectivity index (χ1n) is 8.34. The second kappa shape index (κ2) is 7.05. The Morgan fingerprint density at radius 3 is 2.47 bits per heavy atom. The first kappa shape index (κ1) is 15.3. The van der Waals surface area contributed by atoms with Gasteiger partial charge in [-0.1, -0.05) is 19.8 Å². The van der Waals surface area contributed by atoms with E-state index in [1.807, 2.05) is 0 Å². The van der Waals surface area contributed by atoms with Crippen LogP contribution in [0.25, 0.3) is 0 Å². The summed E-state index contributed by atoms with van der Waals surface area (Å²) < 4.78 is 0. The Hall–Kier alpha value is -0.120. The number of hydrogen-bond acceptors (Lipinski definition) is 3. The lowest BCUT2D eigenvalue weighted by Crippen LogP contribution is -2.56. The third-order valence-corrected chi connectivity index (χ3v) is 5.50. The van der Waals surface area contributed by atoms with Crippen LogP contribution in [0.2, 0.25) is 0 Å². The van der Waals surface area contributed by atoms with Gasteiger partial charge in [-0.05, 0) is 71.2 Å². The number of rotatable bonds is 4. The normalized spacial score (nSPS) is 32.4. The largest absolute Gasteiger partial charge is 0.329 e. The SMILES string of the molecule is CCCC1CCN(C2(CN)CCCN(C)CC2)CC1. The molecule has 2 aliphatic rings. The van der Waals surface area contributed by atoms with E-state index >= 15 is 0 Å². The number of piperidine rings is 1. The first-order chi connectivity index (χ1) is 9.20. The summed E-state index contributed by atoms with van der Waals surface area (Å²) in [5, 5.41) is 0. The van der Waals surface area contributed by atoms with Gasteiger partial charge in [-0.3, -0.25) is 4.90 Å². The van der Waals surface area contributed by atoms with Crippen molar-refractivity contribution < 1.29 is 0 Å². The molecule has 2 N–H and O–H groups in total. The van der Waals surface area contributed by atoms with Crippen LogP contribution in [0.1, 0.15) is 51.9 Å². The van der Waals surface area contributed by atoms with Gasteiger partial charge in [0.25, 0.3) is 0 Å². The summed E-state index contributed by atoms with van der Waals surface area (Å²) in [5.74, 6) is 0.976. The average Bonchev–Trinajstić information content (AvgIpc) is 2.63. The quantitative estimate of drug-likeness (QED) is 0.848. The molecule has 3 nitrogen and oxygen atoms in total. The maximum absolute atomic E-state index is 6.22. The van der Waals surface area contributed by atoms with Gasteiger partial charge in [0, 0.05) is 12.1 Å². The highest BCUT2D eigenvalue weighted by Gasteiger charge is 2.38. The van der Waals surface area contributed by atoms with Crippen molar-refractivity contribution in [3.63, 3.8) is 0 Å². The molecule has 2 rings (SSSR count). The fourth-order valence-corrected chi connectivity index (χ4v) is 4.07. The molecule has 2 fully saturated rings. The van der Waals surface area contributed by atoms with Gasteiger partial charge in [0.15, 0.2) is 0 Å². The van der Waals surface area contributed by atoms with E-state index in [0.29, 0.717) is 5.54 Å². The van der Waals surface area contributed by atoms with Crippen LogP contribution in [0, 0.1) is 5.92 Å². The van der Waals surface area contributed by atoms with Crippen molar-refractivity contribution in [3.8, 4) is 0 Å². The molecule has 2 aliphatic heterocycles. The van der Waals surface area contributed by atoms with Crippen LogP contribution < -0.4 is 5.73 Å². The molecule has 112 valence electrons. The van der Waals surface area contributed by atoms with Gasteiger partial charge in [0.2, 0.25) is 0 Å². The molecule has 0 saturated carbocycles. The van der Waals surface area contributed by atoms with Crippen LogP contribution in [-0.4, -0.2) is 55.1 Å². The van der Waals surface area contributed by atoms with Gasteiger partial charge in [-0.25, -0.2) is 0 Å². The van der Waals surface area contributed by atoms with Crippen molar-refractivity contribution >= 4 is 0 Å². The zero-order chi connectivity index (χ0) is 13.7. The second-order valence-electron chi connectivity index (χ2n) is 6.80. The Balaban J connectivity index is 1.94. The van der Waals surface area contributed by atoms with E-state index in [9.17, 15) is 0 Å². The molecule has 1 unspecified atom stereocenters. The minimum Gasteiger partial charge on any atom is -0.329 e. The predicted molar refractivity (Wildman–Crippen MR) is 82.3 cm³/mol. The van der Waals surface area contributed by atoms with Crippen LogP contribution in [0.15, 0.2) is 0 Å². The highest BCUT2D eigenvalue weighted by molar-refractivity contribution is 4.96. The Morgan fingerprint density at radius 1 is 1.11 bits per heavy atom. The van der Waals surface area contributed by atoms with Crippen LogP contribution in [0.4, 0.5) is 0 Å². The number of hydrogen-bond donors (Lipinski definition) is 1. The summed E-state index contributed by atoms with van der Waals surface area (Å²) in [7, 11) is 2.25. The monoisotopic (exact) mass is 267 g/mol. The predicted octanol–water partition coefficient (Wildman–Crippen LogP) is 2.31. The summed E-state index contributed by atoms with van der Waals surface area (Å²) in [4.78, 5) is 5.22. The number of nitrogens with two attached hydrogens (primary N) is 1. The fraction of sp³-hybridized carbons (Fsp3) is 1.00. The molecule has 0 aliphatic carbocycles. The maximum atomic E-state index is 6.22. The van der Waals surface area contributed by atoms with E-state index in [4.69, 9.17) is 5.73 Å². The third-order valence-electron chi connectivity index (χ3n) is 5.50. The highest BCUT2D eigenvalue weighted by atomic mass is 15.2. The molecule has 0 spiro atoms. The molecular formula is C16H33N3. The Kier molecular flexibility index (Phi) is 5.67. The summed E-state index contributed by atoms with van der Waals surface area (Å²) in [5.41, 5.74) is 6.52. The highest BCUT2D eigenvalue weighted by Crippen LogP contribution is 2.33. The molecule has 0 bridgehead atoms. The van der Waals surface area contributed by atoms with Gasteiger partial charge >= 0.3 is 0 Å². The minimum absolute atomic E-state index is 0.307. The van der Waals surface area contributed by atoms with Crippen LogP contribution >= 0.6 is 0 Å². The smallest absolute Gasteiger partial charge is 0.0344 e. The Bertz CT molecular complexity index is 261. The minimum atomic E-state index is 0.307. The van der Waals surface area contributed by atoms with Gasteiger partial charge < -0.3 is 10.6 Å². The molecule has 0 aromatic heterocycles. The Morgan fingerprint density at radius 2 is 1.84 bits per heavy atom. The lowest BCUT2D eigenvalue weighted by molar-refractivity contribution is 0.0420. The van der Waals surface area contributed by atoms with E-state index in [-0.39, 0.29) is 0 Å². The summed E-state index contributed by atoms with van der Waals surface area (Å²) in [6, 6.07) is 0. The molecule has 19 heavy (non-hydrogen) atoms. The molecule has 0 amide bonds. The lowest BCUT2D eigenvalue weighted by atomic mass is 9.84. The molecular weight excluding hydrogens is 234 g/mol. The van der Waals surface area contributed by atoms with Crippen molar-refractivity contribution in [3.05, 3.63) is 0 Å². The van der Waals surface area contributed by atoms with E-state index in [1.165, 1.54) is 71.1 Å². The van der Waals surface area contributed by atoms with E-state index in [1.54, 1.807) is 0 Å². The zero-order valence-corrected chi connectivity index (χ0v) is 13.0. The number of nitrogens with zero attached hydrogens (tertiary/aromatic N) is 2. The summed E-state index contributed by atoms with van der Waals surface area (Å²) >= 11 is 0.